The lowest BCUT2D eigenvalue weighted by atomic mass is 10.0. The van der Waals surface area contributed by atoms with Crippen LogP contribution in [-0.4, -0.2) is 15.9 Å². The zero-order valence-corrected chi connectivity index (χ0v) is 10.5. The van der Waals surface area contributed by atoms with Gasteiger partial charge in [-0.25, -0.2) is 0 Å². The summed E-state index contributed by atoms with van der Waals surface area (Å²) in [5.74, 6) is -2.20. The number of rotatable bonds is 3. The molecule has 6 nitrogen and oxygen atoms in total. The van der Waals surface area contributed by atoms with Crippen LogP contribution in [0.15, 0.2) is 28.8 Å². The average Bonchev–Trinajstić information content (AvgIpc) is 2.86. The van der Waals surface area contributed by atoms with Gasteiger partial charge in [-0.1, -0.05) is 5.16 Å². The molecule has 2 rings (SSSR count). The maximum Gasteiger partial charge on any atom is 0.452 e. The van der Waals surface area contributed by atoms with Crippen molar-refractivity contribution in [3.8, 4) is 0 Å². The Hall–Kier alpha value is -2.71. The molecule has 21 heavy (non-hydrogen) atoms. The Bertz CT molecular complexity index is 722. The van der Waals surface area contributed by atoms with E-state index in [2.05, 4.69) is 9.68 Å². The molecule has 0 saturated heterocycles. The number of hydrogen-bond acceptors (Lipinski definition) is 5. The second-order valence-corrected chi connectivity index (χ2v) is 4.16. The highest BCUT2D eigenvalue weighted by molar-refractivity contribution is 6.07. The molecule has 0 unspecified atom stereocenters. The van der Waals surface area contributed by atoms with Gasteiger partial charge >= 0.3 is 6.18 Å². The molecule has 0 N–H and O–H groups in total. The molecule has 1 heterocycles. The van der Waals surface area contributed by atoms with Crippen molar-refractivity contribution in [2.45, 2.75) is 13.1 Å². The van der Waals surface area contributed by atoms with Crippen LogP contribution in [0.3, 0.4) is 0 Å². The third kappa shape index (κ3) is 2.91. The number of hydrogen-bond donors (Lipinski definition) is 0. The van der Waals surface area contributed by atoms with Crippen LogP contribution in [0.4, 0.5) is 18.9 Å². The molecule has 0 atom stereocenters. The maximum absolute atomic E-state index is 12.4. The van der Waals surface area contributed by atoms with Gasteiger partial charge in [0.2, 0.25) is 11.5 Å². The Morgan fingerprint density at radius 1 is 1.33 bits per heavy atom. The summed E-state index contributed by atoms with van der Waals surface area (Å²) in [4.78, 5) is 22.0. The van der Waals surface area contributed by atoms with Gasteiger partial charge in [-0.15, -0.1) is 0 Å². The number of ketones is 1. The first-order valence-electron chi connectivity index (χ1n) is 5.54. The van der Waals surface area contributed by atoms with E-state index in [9.17, 15) is 28.1 Å². The smallest absolute Gasteiger partial charge is 0.351 e. The van der Waals surface area contributed by atoms with E-state index in [1.54, 1.807) is 0 Å². The fourth-order valence-corrected chi connectivity index (χ4v) is 1.67. The van der Waals surface area contributed by atoms with Crippen LogP contribution in [0.25, 0.3) is 0 Å². The molecule has 0 radical (unpaired) electrons. The highest BCUT2D eigenvalue weighted by Crippen LogP contribution is 2.30. The Morgan fingerprint density at radius 3 is 2.48 bits per heavy atom. The lowest BCUT2D eigenvalue weighted by molar-refractivity contribution is -0.385. The fraction of sp³-hybridized carbons (Fsp3) is 0.167. The fourth-order valence-electron chi connectivity index (χ4n) is 1.67. The molecule has 1 aromatic heterocycles. The Kier molecular flexibility index (Phi) is 3.50. The van der Waals surface area contributed by atoms with E-state index in [-0.39, 0.29) is 16.8 Å². The molecule has 2 aromatic rings. The maximum atomic E-state index is 12.4. The van der Waals surface area contributed by atoms with Gasteiger partial charge in [0, 0.05) is 23.3 Å². The van der Waals surface area contributed by atoms with E-state index >= 15 is 0 Å². The monoisotopic (exact) mass is 300 g/mol. The molecule has 0 fully saturated rings. The van der Waals surface area contributed by atoms with Crippen molar-refractivity contribution in [2.75, 3.05) is 0 Å². The van der Waals surface area contributed by atoms with Crippen LogP contribution < -0.4 is 0 Å². The first-order chi connectivity index (χ1) is 9.70. The first-order valence-corrected chi connectivity index (χ1v) is 5.54. The number of aromatic nitrogens is 1. The summed E-state index contributed by atoms with van der Waals surface area (Å²) in [6.07, 6.45) is -4.74. The standard InChI is InChI=1S/C12H7F3N2O4/c1-6-4-7(2-3-9(6)17(19)20)11(18)8-5-10(21-16-8)12(13,14)15/h2-5H,1H3. The van der Waals surface area contributed by atoms with Crippen LogP contribution >= 0.6 is 0 Å². The molecule has 0 bridgehead atoms. The Morgan fingerprint density at radius 2 is 2.00 bits per heavy atom. The molecule has 0 spiro atoms. The largest absolute Gasteiger partial charge is 0.452 e. The number of alkyl halides is 3. The molecule has 9 heteroatoms. The number of aryl methyl sites for hydroxylation is 1. The van der Waals surface area contributed by atoms with E-state index in [1.807, 2.05) is 0 Å². The lowest BCUT2D eigenvalue weighted by Gasteiger charge is -2.00. The Labute approximate surface area is 115 Å². The van der Waals surface area contributed by atoms with E-state index in [4.69, 9.17) is 0 Å². The zero-order valence-electron chi connectivity index (χ0n) is 10.5. The minimum absolute atomic E-state index is 0.0138. The van der Waals surface area contributed by atoms with E-state index in [0.29, 0.717) is 6.07 Å². The van der Waals surface area contributed by atoms with Gasteiger partial charge in [-0.05, 0) is 19.1 Å². The van der Waals surface area contributed by atoms with Crippen LogP contribution in [0.1, 0.15) is 27.4 Å². The molecule has 0 aliphatic heterocycles. The highest BCUT2D eigenvalue weighted by Gasteiger charge is 2.37. The molecule has 0 aliphatic carbocycles. The number of halogens is 3. The van der Waals surface area contributed by atoms with Crippen molar-refractivity contribution in [1.29, 1.82) is 0 Å². The molecule has 0 amide bonds. The molecule has 0 aliphatic rings. The third-order valence-corrected chi connectivity index (χ3v) is 2.68. The molecule has 0 saturated carbocycles. The van der Waals surface area contributed by atoms with E-state index in [1.165, 1.54) is 13.0 Å². The third-order valence-electron chi connectivity index (χ3n) is 2.68. The summed E-state index contributed by atoms with van der Waals surface area (Å²) in [7, 11) is 0. The topological polar surface area (TPSA) is 86.2 Å². The molecular weight excluding hydrogens is 293 g/mol. The van der Waals surface area contributed by atoms with Gasteiger partial charge < -0.3 is 4.52 Å². The highest BCUT2D eigenvalue weighted by atomic mass is 19.4. The second kappa shape index (κ2) is 5.00. The van der Waals surface area contributed by atoms with Gasteiger partial charge in [0.25, 0.3) is 5.69 Å². The minimum atomic E-state index is -4.74. The quantitative estimate of drug-likeness (QED) is 0.493. The number of carbonyl (C=O) groups is 1. The SMILES string of the molecule is Cc1cc(C(=O)c2cc(C(F)(F)F)on2)ccc1[N+](=O)[O-]. The lowest BCUT2D eigenvalue weighted by Crippen LogP contribution is -2.04. The van der Waals surface area contributed by atoms with Crippen molar-refractivity contribution >= 4 is 11.5 Å². The number of nitrogens with zero attached hydrogens (tertiary/aromatic N) is 2. The first kappa shape index (κ1) is 14.7. The zero-order chi connectivity index (χ0) is 15.8. The van der Waals surface area contributed by atoms with E-state index < -0.39 is 28.3 Å². The number of benzene rings is 1. The summed E-state index contributed by atoms with van der Waals surface area (Å²) >= 11 is 0. The molecule has 110 valence electrons. The second-order valence-electron chi connectivity index (χ2n) is 4.16. The Balaban J connectivity index is 2.34. The van der Waals surface area contributed by atoms with Crippen molar-refractivity contribution < 1.29 is 27.4 Å². The molecule has 1 aromatic carbocycles. The summed E-state index contributed by atoms with van der Waals surface area (Å²) in [6.45, 7) is 1.42. The predicted molar refractivity (Wildman–Crippen MR) is 62.8 cm³/mol. The van der Waals surface area contributed by atoms with Crippen LogP contribution in [-0.2, 0) is 6.18 Å². The summed E-state index contributed by atoms with van der Waals surface area (Å²) in [5.41, 5.74) is -0.510. The van der Waals surface area contributed by atoms with Crippen LogP contribution in [0.2, 0.25) is 0 Å². The van der Waals surface area contributed by atoms with Crippen LogP contribution in [0, 0.1) is 17.0 Å². The predicted octanol–water partition coefficient (Wildman–Crippen LogP) is 3.14. The van der Waals surface area contributed by atoms with Gasteiger partial charge in [-0.2, -0.15) is 13.2 Å². The minimum Gasteiger partial charge on any atom is -0.351 e. The number of nitro groups is 1. The normalized spacial score (nSPS) is 11.4. The van der Waals surface area contributed by atoms with Crippen molar-refractivity contribution in [3.63, 3.8) is 0 Å². The van der Waals surface area contributed by atoms with Crippen molar-refractivity contribution in [2.24, 2.45) is 0 Å². The summed E-state index contributed by atoms with van der Waals surface area (Å²) in [6, 6.07) is 3.95. The van der Waals surface area contributed by atoms with Crippen LogP contribution in [0.5, 0.6) is 0 Å². The van der Waals surface area contributed by atoms with Gasteiger partial charge in [0.15, 0.2) is 5.69 Å². The van der Waals surface area contributed by atoms with Gasteiger partial charge in [-0.3, -0.25) is 14.9 Å². The number of nitro benzene ring substituents is 1. The summed E-state index contributed by atoms with van der Waals surface area (Å²) < 4.78 is 41.1. The van der Waals surface area contributed by atoms with Gasteiger partial charge in [0.05, 0.1) is 4.92 Å². The van der Waals surface area contributed by atoms with Crippen molar-refractivity contribution in [3.05, 3.63) is 57.0 Å². The van der Waals surface area contributed by atoms with Gasteiger partial charge in [0.1, 0.15) is 0 Å². The average molecular weight is 300 g/mol. The summed E-state index contributed by atoms with van der Waals surface area (Å²) in [5, 5.41) is 13.7. The van der Waals surface area contributed by atoms with E-state index in [0.717, 1.165) is 12.1 Å². The number of carbonyl (C=O) groups excluding carboxylic acids is 1. The molecular formula is C12H7F3N2O4. The van der Waals surface area contributed by atoms with Crippen molar-refractivity contribution in [1.82, 2.24) is 5.16 Å².